The number of methoxy groups -OCH3 is 2. The Labute approximate surface area is 234 Å². The predicted octanol–water partition coefficient (Wildman–Crippen LogP) is -1.23. The fraction of sp³-hybridized carbons (Fsp3) is 0.833. The van der Waals surface area contributed by atoms with E-state index in [1.165, 1.54) is 20.4 Å². The standard InChI is InChI=1S/C24H47N6O9P/c1-35-17-19-21(36-2)22(23(38-19)30-15-9-20(31)29-24(30)32)39-40(33,34)37-16-4-8-18(28-14-6-11-26)7-3-12-27-13-5-10-25/h9,15,18-19,21-23,27-28H,3-8,10-14,16-17,25-26H2,1-2H3,(H,33,34)(H,29,31,32)/p-1/t18?,19-,21+,22?,23-/m1/s1. The number of ether oxygens (including phenoxy) is 3. The summed E-state index contributed by atoms with van der Waals surface area (Å²) in [7, 11) is -2.02. The molecule has 7 N–H and O–H groups in total. The molecule has 0 spiro atoms. The second kappa shape index (κ2) is 18.8. The lowest BCUT2D eigenvalue weighted by Crippen LogP contribution is -2.40. The Morgan fingerprint density at radius 3 is 2.48 bits per heavy atom. The zero-order valence-corrected chi connectivity index (χ0v) is 24.4. The van der Waals surface area contributed by atoms with Gasteiger partial charge in [-0.3, -0.25) is 18.9 Å². The Bertz CT molecular complexity index is 996. The molecule has 2 heterocycles. The van der Waals surface area contributed by atoms with Gasteiger partial charge < -0.3 is 50.3 Å². The van der Waals surface area contributed by atoms with E-state index in [1.807, 2.05) is 0 Å². The summed E-state index contributed by atoms with van der Waals surface area (Å²) in [5, 5.41) is 6.84. The van der Waals surface area contributed by atoms with Crippen LogP contribution in [0.1, 0.15) is 44.8 Å². The van der Waals surface area contributed by atoms with Crippen LogP contribution < -0.4 is 38.2 Å². The molecule has 1 fully saturated rings. The van der Waals surface area contributed by atoms with E-state index in [4.69, 9.17) is 34.7 Å². The summed E-state index contributed by atoms with van der Waals surface area (Å²) in [4.78, 5) is 38.9. The molecule has 1 aromatic rings. The van der Waals surface area contributed by atoms with Crippen LogP contribution in [-0.2, 0) is 27.8 Å². The molecule has 40 heavy (non-hydrogen) atoms. The van der Waals surface area contributed by atoms with Crippen LogP contribution in [0.4, 0.5) is 0 Å². The van der Waals surface area contributed by atoms with Crippen molar-refractivity contribution in [2.75, 3.05) is 60.2 Å². The van der Waals surface area contributed by atoms with E-state index in [9.17, 15) is 19.0 Å². The van der Waals surface area contributed by atoms with E-state index in [1.54, 1.807) is 0 Å². The minimum Gasteiger partial charge on any atom is -0.756 e. The molecule has 0 amide bonds. The van der Waals surface area contributed by atoms with Gasteiger partial charge in [-0.2, -0.15) is 0 Å². The Kier molecular flexibility index (Phi) is 16.4. The van der Waals surface area contributed by atoms with Crippen LogP contribution in [0.2, 0.25) is 0 Å². The second-order valence-corrected chi connectivity index (χ2v) is 10.9. The highest BCUT2D eigenvalue weighted by molar-refractivity contribution is 7.45. The van der Waals surface area contributed by atoms with Crippen molar-refractivity contribution in [3.8, 4) is 0 Å². The molecular weight excluding hydrogens is 547 g/mol. The van der Waals surface area contributed by atoms with Crippen molar-refractivity contribution in [3.05, 3.63) is 33.1 Å². The van der Waals surface area contributed by atoms with Gasteiger partial charge in [0.2, 0.25) is 0 Å². The molecule has 1 saturated heterocycles. The van der Waals surface area contributed by atoms with E-state index in [-0.39, 0.29) is 19.3 Å². The maximum absolute atomic E-state index is 12.8. The normalized spacial score (nSPS) is 23.3. The molecule has 0 bridgehead atoms. The molecule has 16 heteroatoms. The molecule has 15 nitrogen and oxygen atoms in total. The van der Waals surface area contributed by atoms with E-state index in [0.717, 1.165) is 56.0 Å². The van der Waals surface area contributed by atoms with Crippen molar-refractivity contribution in [2.45, 2.75) is 69.1 Å². The van der Waals surface area contributed by atoms with Gasteiger partial charge in [-0.25, -0.2) is 4.79 Å². The highest BCUT2D eigenvalue weighted by Gasteiger charge is 2.48. The summed E-state index contributed by atoms with van der Waals surface area (Å²) < 4.78 is 40.9. The quantitative estimate of drug-likeness (QED) is 0.0787. The number of aromatic nitrogens is 2. The number of rotatable bonds is 22. The fourth-order valence-electron chi connectivity index (χ4n) is 4.52. The maximum atomic E-state index is 12.8. The van der Waals surface area contributed by atoms with E-state index < -0.39 is 43.6 Å². The minimum atomic E-state index is -4.84. The lowest BCUT2D eigenvalue weighted by Gasteiger charge is -2.31. The number of hydrogen-bond donors (Lipinski definition) is 5. The molecule has 232 valence electrons. The summed E-state index contributed by atoms with van der Waals surface area (Å²) in [6.07, 6.45) is 1.90. The van der Waals surface area contributed by atoms with Crippen molar-refractivity contribution in [3.63, 3.8) is 0 Å². The molecule has 6 atom stereocenters. The molecule has 0 aromatic carbocycles. The van der Waals surface area contributed by atoms with Crippen molar-refractivity contribution in [1.82, 2.24) is 20.2 Å². The molecule has 0 aliphatic carbocycles. The highest BCUT2D eigenvalue weighted by Crippen LogP contribution is 2.46. The van der Waals surface area contributed by atoms with Crippen molar-refractivity contribution < 1.29 is 32.7 Å². The zero-order chi connectivity index (χ0) is 29.4. The van der Waals surface area contributed by atoms with Gasteiger partial charge in [-0.15, -0.1) is 0 Å². The monoisotopic (exact) mass is 593 g/mol. The molecule has 3 unspecified atom stereocenters. The van der Waals surface area contributed by atoms with Gasteiger partial charge >= 0.3 is 5.69 Å². The minimum absolute atomic E-state index is 0.0536. The lowest BCUT2D eigenvalue weighted by molar-refractivity contribution is -0.235. The van der Waals surface area contributed by atoms with E-state index in [0.29, 0.717) is 25.9 Å². The number of nitrogens with two attached hydrogens (primary N) is 2. The maximum Gasteiger partial charge on any atom is 0.330 e. The Balaban J connectivity index is 1.96. The van der Waals surface area contributed by atoms with Gasteiger partial charge in [0, 0.05) is 32.5 Å². The van der Waals surface area contributed by atoms with Crippen LogP contribution in [0.25, 0.3) is 0 Å². The first-order valence-electron chi connectivity index (χ1n) is 13.7. The summed E-state index contributed by atoms with van der Waals surface area (Å²) in [5.41, 5.74) is 9.73. The van der Waals surface area contributed by atoms with Gasteiger partial charge in [0.1, 0.15) is 18.3 Å². The first-order valence-corrected chi connectivity index (χ1v) is 15.2. The first-order chi connectivity index (χ1) is 19.3. The molecule has 1 aliphatic heterocycles. The van der Waals surface area contributed by atoms with Crippen LogP contribution in [0.3, 0.4) is 0 Å². The van der Waals surface area contributed by atoms with Crippen molar-refractivity contribution in [1.29, 1.82) is 0 Å². The number of nitrogens with zero attached hydrogens (tertiary/aromatic N) is 1. The van der Waals surface area contributed by atoms with Crippen LogP contribution >= 0.6 is 7.82 Å². The lowest BCUT2D eigenvalue weighted by atomic mass is 10.1. The molecule has 1 aromatic heterocycles. The van der Waals surface area contributed by atoms with E-state index in [2.05, 4.69) is 15.6 Å². The third-order valence-electron chi connectivity index (χ3n) is 6.49. The summed E-state index contributed by atoms with van der Waals surface area (Å²) in [5.74, 6) is 0. The summed E-state index contributed by atoms with van der Waals surface area (Å²) in [6, 6.07) is 1.31. The van der Waals surface area contributed by atoms with Gasteiger partial charge in [-0.05, 0) is 71.2 Å². The predicted molar refractivity (Wildman–Crippen MR) is 147 cm³/mol. The topological polar surface area (TPSA) is 217 Å². The SMILES string of the molecule is COC[C@H]1O[C@@H](n2ccc(=O)[nH]c2=O)C(OP(=O)([O-])OCCCC(CCCNCCCN)NCCCN)[C@H]1OC. The molecular formula is C24H46N6O9P-. The summed E-state index contributed by atoms with van der Waals surface area (Å²) in [6.45, 7) is 3.75. The molecule has 1 aliphatic rings. The van der Waals surface area contributed by atoms with Crippen molar-refractivity contribution in [2.24, 2.45) is 11.5 Å². The fourth-order valence-corrected chi connectivity index (χ4v) is 5.46. The average Bonchev–Trinajstić information content (AvgIpc) is 3.24. The molecule has 0 saturated carbocycles. The Morgan fingerprint density at radius 2 is 1.80 bits per heavy atom. The van der Waals surface area contributed by atoms with E-state index >= 15 is 0 Å². The number of nitrogens with one attached hydrogen (secondary N) is 3. The third-order valence-corrected chi connectivity index (χ3v) is 7.49. The zero-order valence-electron chi connectivity index (χ0n) is 23.5. The number of phosphoric ester groups is 1. The van der Waals surface area contributed by atoms with Crippen LogP contribution in [0.15, 0.2) is 21.9 Å². The number of aromatic amines is 1. The highest BCUT2D eigenvalue weighted by atomic mass is 31.2. The van der Waals surface area contributed by atoms with Crippen LogP contribution in [0.5, 0.6) is 0 Å². The van der Waals surface area contributed by atoms with Gasteiger partial charge in [0.25, 0.3) is 13.4 Å². The number of H-pyrrole nitrogens is 1. The van der Waals surface area contributed by atoms with Crippen molar-refractivity contribution >= 4 is 7.82 Å². The Morgan fingerprint density at radius 1 is 1.10 bits per heavy atom. The van der Waals surface area contributed by atoms with Crippen LogP contribution in [0, 0.1) is 0 Å². The Hall–Kier alpha value is -1.49. The second-order valence-electron chi connectivity index (χ2n) is 9.56. The number of hydrogen-bond acceptors (Lipinski definition) is 13. The number of phosphoric acid groups is 1. The van der Waals surface area contributed by atoms with Gasteiger partial charge in [-0.1, -0.05) is 0 Å². The smallest absolute Gasteiger partial charge is 0.330 e. The molecule has 2 rings (SSSR count). The largest absolute Gasteiger partial charge is 0.756 e. The van der Waals surface area contributed by atoms with Crippen LogP contribution in [-0.4, -0.2) is 94.1 Å². The average molecular weight is 594 g/mol. The third kappa shape index (κ3) is 11.8. The first kappa shape index (κ1) is 34.7. The molecule has 0 radical (unpaired) electrons. The van der Waals surface area contributed by atoms with Gasteiger partial charge in [0.15, 0.2) is 6.23 Å². The summed E-state index contributed by atoms with van der Waals surface area (Å²) >= 11 is 0. The van der Waals surface area contributed by atoms with Gasteiger partial charge in [0.05, 0.1) is 13.2 Å².